The summed E-state index contributed by atoms with van der Waals surface area (Å²) in [4.78, 5) is 32.1. The Bertz CT molecular complexity index is 1370. The monoisotopic (exact) mass is 546 g/mol. The minimum atomic E-state index is -0.498. The van der Waals surface area contributed by atoms with Gasteiger partial charge in [-0.3, -0.25) is 4.79 Å². The van der Waals surface area contributed by atoms with E-state index in [1.807, 2.05) is 23.1 Å². The topological polar surface area (TPSA) is 79.7 Å². The van der Waals surface area contributed by atoms with Gasteiger partial charge < -0.3 is 14.7 Å². The van der Waals surface area contributed by atoms with Gasteiger partial charge in [-0.15, -0.1) is 11.3 Å². The number of thiazole rings is 1. The lowest BCUT2D eigenvalue weighted by atomic mass is 9.78. The lowest BCUT2D eigenvalue weighted by molar-refractivity contribution is -0.134. The highest BCUT2D eigenvalue weighted by molar-refractivity contribution is 7.10. The minimum Gasteiger partial charge on any atom is -0.507 e. The quantitative estimate of drug-likeness (QED) is 0.353. The summed E-state index contributed by atoms with van der Waals surface area (Å²) in [7, 11) is 0. The summed E-state index contributed by atoms with van der Waals surface area (Å²) < 4.78 is 5.48. The molecule has 2 aromatic carbocycles. The zero-order valence-electron chi connectivity index (χ0n) is 23.7. The molecule has 1 saturated heterocycles. The molecule has 3 heterocycles. The van der Waals surface area contributed by atoms with E-state index in [-0.39, 0.29) is 29.1 Å². The third-order valence-corrected chi connectivity index (χ3v) is 8.88. The lowest BCUT2D eigenvalue weighted by Gasteiger charge is -2.31. The van der Waals surface area contributed by atoms with Crippen LogP contribution in [0.3, 0.4) is 0 Å². The number of fused-ring (bicyclic) bond motifs is 1. The number of phenolic OH excluding ortho intramolecular Hbond substituents is 1. The number of benzene rings is 2. The first kappa shape index (κ1) is 27.4. The van der Waals surface area contributed by atoms with Gasteiger partial charge >= 0.3 is 5.97 Å². The first-order valence-corrected chi connectivity index (χ1v) is 14.6. The van der Waals surface area contributed by atoms with Crippen LogP contribution < -0.4 is 0 Å². The normalized spacial score (nSPS) is 18.3. The Kier molecular flexibility index (Phi) is 7.08. The predicted octanol–water partition coefficient (Wildman–Crippen LogP) is 7.12. The van der Waals surface area contributed by atoms with Gasteiger partial charge in [0.25, 0.3) is 0 Å². The molecule has 7 heteroatoms. The number of hydrogen-bond donors (Lipinski definition) is 1. The van der Waals surface area contributed by atoms with E-state index < -0.39 is 6.10 Å². The molecule has 2 aliphatic heterocycles. The van der Waals surface area contributed by atoms with Crippen molar-refractivity contribution in [3.63, 3.8) is 0 Å². The number of likely N-dealkylation sites (tertiary alicyclic amines) is 1. The molecule has 1 N–H and O–H groups in total. The van der Waals surface area contributed by atoms with Gasteiger partial charge in [0, 0.05) is 46.6 Å². The molecular weight excluding hydrogens is 508 g/mol. The second-order valence-electron chi connectivity index (χ2n) is 12.8. The third-order valence-electron chi connectivity index (χ3n) is 7.88. The van der Waals surface area contributed by atoms with Crippen LogP contribution in [-0.4, -0.2) is 40.0 Å². The molecule has 1 atom stereocenters. The molecule has 1 unspecified atom stereocenters. The molecule has 1 amide bonds. The molecule has 39 heavy (non-hydrogen) atoms. The van der Waals surface area contributed by atoms with Crippen molar-refractivity contribution in [1.82, 2.24) is 9.88 Å². The molecule has 2 aliphatic rings. The predicted molar refractivity (Wildman–Crippen MR) is 154 cm³/mol. The maximum Gasteiger partial charge on any atom is 0.339 e. The molecule has 6 nitrogen and oxygen atoms in total. The fourth-order valence-electron chi connectivity index (χ4n) is 5.57. The van der Waals surface area contributed by atoms with Gasteiger partial charge in [0.15, 0.2) is 0 Å². The van der Waals surface area contributed by atoms with Gasteiger partial charge in [-0.1, -0.05) is 59.7 Å². The van der Waals surface area contributed by atoms with E-state index in [0.29, 0.717) is 30.3 Å². The van der Waals surface area contributed by atoms with Gasteiger partial charge in [0.1, 0.15) is 11.9 Å². The van der Waals surface area contributed by atoms with Crippen LogP contribution in [0.15, 0.2) is 41.8 Å². The van der Waals surface area contributed by atoms with Crippen LogP contribution >= 0.6 is 11.3 Å². The number of hydrogen-bond acceptors (Lipinski definition) is 6. The molecule has 3 aromatic rings. The maximum absolute atomic E-state index is 13.1. The number of cyclic esters (lactones) is 1. The zero-order chi connectivity index (χ0) is 28.1. The first-order chi connectivity index (χ1) is 18.3. The standard InChI is InChI=1S/C32H38N2O4S/c1-31(2,3)23-15-20(16-24(28(23)36)32(4,5)6)25-18-39-29(33-25)19-11-13-34(14-12-19)27(35)17-26-21-9-7-8-10-22(21)30(37)38-26/h7-10,15-16,18-19,26,36H,11-14,17H2,1-6H3. The molecule has 0 saturated carbocycles. The number of phenols is 1. The number of amides is 1. The summed E-state index contributed by atoms with van der Waals surface area (Å²) >= 11 is 1.68. The smallest absolute Gasteiger partial charge is 0.339 e. The van der Waals surface area contributed by atoms with Crippen LogP contribution in [0.4, 0.5) is 0 Å². The molecule has 0 spiro atoms. The highest BCUT2D eigenvalue weighted by atomic mass is 32.1. The van der Waals surface area contributed by atoms with Crippen molar-refractivity contribution in [2.45, 2.75) is 83.7 Å². The van der Waals surface area contributed by atoms with Crippen LogP contribution in [0.2, 0.25) is 0 Å². The number of ether oxygens (including phenoxy) is 1. The summed E-state index contributed by atoms with van der Waals surface area (Å²) in [5.41, 5.74) is 4.80. The Balaban J connectivity index is 1.27. The summed E-state index contributed by atoms with van der Waals surface area (Å²) in [5.74, 6) is 0.358. The highest BCUT2D eigenvalue weighted by Crippen LogP contribution is 2.43. The number of piperidine rings is 1. The number of nitrogens with zero attached hydrogens (tertiary/aromatic N) is 2. The van der Waals surface area contributed by atoms with Gasteiger partial charge in [0.2, 0.25) is 5.91 Å². The number of aromatic nitrogens is 1. The summed E-state index contributed by atoms with van der Waals surface area (Å²) in [5, 5.41) is 14.3. The number of carbonyl (C=O) groups excluding carboxylic acids is 2. The van der Waals surface area contributed by atoms with Crippen molar-refractivity contribution in [1.29, 1.82) is 0 Å². The maximum atomic E-state index is 13.1. The fourth-order valence-corrected chi connectivity index (χ4v) is 6.57. The highest BCUT2D eigenvalue weighted by Gasteiger charge is 2.34. The van der Waals surface area contributed by atoms with Gasteiger partial charge in [-0.25, -0.2) is 9.78 Å². The zero-order valence-corrected chi connectivity index (χ0v) is 24.5. The van der Waals surface area contributed by atoms with Crippen LogP contribution in [0.5, 0.6) is 5.75 Å². The molecule has 1 fully saturated rings. The number of carbonyl (C=O) groups is 2. The molecule has 206 valence electrons. The van der Waals surface area contributed by atoms with Crippen molar-refractivity contribution < 1.29 is 19.4 Å². The third kappa shape index (κ3) is 5.46. The van der Waals surface area contributed by atoms with Crippen LogP contribution in [-0.2, 0) is 20.4 Å². The van der Waals surface area contributed by atoms with Gasteiger partial charge in [-0.2, -0.15) is 0 Å². The number of rotatable bonds is 4. The largest absolute Gasteiger partial charge is 0.507 e. The first-order valence-electron chi connectivity index (χ1n) is 13.7. The Hall–Kier alpha value is -3.19. The molecule has 0 bridgehead atoms. The minimum absolute atomic E-state index is 0.0243. The second-order valence-corrected chi connectivity index (χ2v) is 13.7. The molecular formula is C32H38N2O4S. The molecule has 1 aromatic heterocycles. The van der Waals surface area contributed by atoms with Crippen molar-refractivity contribution in [2.75, 3.05) is 13.1 Å². The van der Waals surface area contributed by atoms with Crippen molar-refractivity contribution >= 4 is 23.2 Å². The van der Waals surface area contributed by atoms with Crippen LogP contribution in [0.25, 0.3) is 11.3 Å². The van der Waals surface area contributed by atoms with Gasteiger partial charge in [-0.05, 0) is 41.9 Å². The summed E-state index contributed by atoms with van der Waals surface area (Å²) in [6, 6.07) is 11.5. The van der Waals surface area contributed by atoms with E-state index in [4.69, 9.17) is 9.72 Å². The van der Waals surface area contributed by atoms with E-state index in [9.17, 15) is 14.7 Å². The summed E-state index contributed by atoms with van der Waals surface area (Å²) in [6.45, 7) is 14.1. The Morgan fingerprint density at radius 3 is 2.28 bits per heavy atom. The number of esters is 1. The van der Waals surface area contributed by atoms with Crippen molar-refractivity contribution in [3.8, 4) is 17.0 Å². The Morgan fingerprint density at radius 2 is 1.67 bits per heavy atom. The second kappa shape index (κ2) is 10.1. The average Bonchev–Trinajstić information content (AvgIpc) is 3.48. The Morgan fingerprint density at radius 1 is 1.05 bits per heavy atom. The van der Waals surface area contributed by atoms with Crippen molar-refractivity contribution in [2.24, 2.45) is 0 Å². The average molecular weight is 547 g/mol. The van der Waals surface area contributed by atoms with E-state index in [1.165, 1.54) is 0 Å². The Labute approximate surface area is 235 Å². The van der Waals surface area contributed by atoms with Crippen LogP contribution in [0, 0.1) is 0 Å². The van der Waals surface area contributed by atoms with Crippen LogP contribution in [0.1, 0.15) is 105 Å². The molecule has 5 rings (SSSR count). The number of aromatic hydroxyl groups is 1. The SMILES string of the molecule is CC(C)(C)c1cc(-c2csc(C3CCN(C(=O)CC4OC(=O)c5ccccc54)CC3)n2)cc(C(C)(C)C)c1O. The van der Waals surface area contributed by atoms with E-state index in [1.54, 1.807) is 17.4 Å². The summed E-state index contributed by atoms with van der Waals surface area (Å²) in [6.07, 6.45) is 1.40. The van der Waals surface area contributed by atoms with Crippen molar-refractivity contribution in [3.05, 3.63) is 69.0 Å². The van der Waals surface area contributed by atoms with E-state index in [2.05, 4.69) is 59.1 Å². The lowest BCUT2D eigenvalue weighted by Crippen LogP contribution is -2.38. The van der Waals surface area contributed by atoms with E-state index in [0.717, 1.165) is 45.8 Å². The van der Waals surface area contributed by atoms with Gasteiger partial charge in [0.05, 0.1) is 22.7 Å². The molecule has 0 aliphatic carbocycles. The van der Waals surface area contributed by atoms with E-state index >= 15 is 0 Å². The fraction of sp³-hybridized carbons (Fsp3) is 0.469. The molecule has 0 radical (unpaired) electrons.